The molecule has 1 aromatic carbocycles. The topological polar surface area (TPSA) is 41.6 Å². The third-order valence-corrected chi connectivity index (χ3v) is 3.81. The van der Waals surface area contributed by atoms with Crippen molar-refractivity contribution in [2.45, 2.75) is 13.5 Å². The molecule has 0 spiro atoms. The number of nitrogens with one attached hydrogen (secondary N) is 1. The first-order valence-electron chi connectivity index (χ1n) is 6.71. The standard InChI is InChI=1S/C15H22N2O2/c1-11-8-16-9-13(11)15(18)17(2)10-12-6-4-5-7-14(12)19-3/h4-7,11,13,16H,8-10H2,1-3H3. The molecule has 0 bridgehead atoms. The Morgan fingerprint density at radius 2 is 2.16 bits per heavy atom. The fourth-order valence-corrected chi connectivity index (χ4v) is 2.59. The number of carbonyl (C=O) groups excluding carboxylic acids is 1. The Kier molecular flexibility index (Phi) is 4.43. The van der Waals surface area contributed by atoms with E-state index in [0.717, 1.165) is 24.4 Å². The summed E-state index contributed by atoms with van der Waals surface area (Å²) < 4.78 is 5.32. The SMILES string of the molecule is COc1ccccc1CN(C)C(=O)C1CNCC1C. The van der Waals surface area contributed by atoms with E-state index in [2.05, 4.69) is 12.2 Å². The summed E-state index contributed by atoms with van der Waals surface area (Å²) in [6.45, 7) is 4.43. The quantitative estimate of drug-likeness (QED) is 0.894. The van der Waals surface area contributed by atoms with Crippen LogP contribution >= 0.6 is 0 Å². The van der Waals surface area contributed by atoms with E-state index in [1.165, 1.54) is 0 Å². The van der Waals surface area contributed by atoms with Crippen molar-refractivity contribution in [3.63, 3.8) is 0 Å². The molecular formula is C15H22N2O2. The van der Waals surface area contributed by atoms with Crippen LogP contribution in [0.25, 0.3) is 0 Å². The van der Waals surface area contributed by atoms with Crippen molar-refractivity contribution < 1.29 is 9.53 Å². The Hall–Kier alpha value is -1.55. The number of hydrogen-bond acceptors (Lipinski definition) is 3. The van der Waals surface area contributed by atoms with Gasteiger partial charge in [-0.05, 0) is 18.5 Å². The maximum Gasteiger partial charge on any atom is 0.227 e. The minimum absolute atomic E-state index is 0.0970. The number of hydrogen-bond donors (Lipinski definition) is 1. The van der Waals surface area contributed by atoms with E-state index >= 15 is 0 Å². The summed E-state index contributed by atoms with van der Waals surface area (Å²) in [5.41, 5.74) is 1.04. The predicted molar refractivity (Wildman–Crippen MR) is 75.0 cm³/mol. The van der Waals surface area contributed by atoms with E-state index in [4.69, 9.17) is 4.74 Å². The van der Waals surface area contributed by atoms with Crippen LogP contribution in [0.2, 0.25) is 0 Å². The predicted octanol–water partition coefficient (Wildman–Crippen LogP) is 1.51. The number of carbonyl (C=O) groups is 1. The molecule has 104 valence electrons. The van der Waals surface area contributed by atoms with Crippen molar-refractivity contribution >= 4 is 5.91 Å². The fraction of sp³-hybridized carbons (Fsp3) is 0.533. The van der Waals surface area contributed by atoms with Crippen LogP contribution in [-0.4, -0.2) is 38.1 Å². The van der Waals surface area contributed by atoms with Crippen LogP contribution in [0.4, 0.5) is 0 Å². The lowest BCUT2D eigenvalue weighted by Gasteiger charge is -2.23. The van der Waals surface area contributed by atoms with Gasteiger partial charge in [0.2, 0.25) is 5.91 Å². The third kappa shape index (κ3) is 3.07. The zero-order chi connectivity index (χ0) is 13.8. The Morgan fingerprint density at radius 1 is 1.42 bits per heavy atom. The molecule has 1 aromatic rings. The molecule has 1 fully saturated rings. The molecule has 1 aliphatic heterocycles. The summed E-state index contributed by atoms with van der Waals surface area (Å²) >= 11 is 0. The molecule has 2 atom stereocenters. The second kappa shape index (κ2) is 6.06. The average molecular weight is 262 g/mol. The van der Waals surface area contributed by atoms with Crippen molar-refractivity contribution in [3.8, 4) is 5.75 Å². The lowest BCUT2D eigenvalue weighted by atomic mass is 9.96. The van der Waals surface area contributed by atoms with Gasteiger partial charge in [-0.2, -0.15) is 0 Å². The number of para-hydroxylation sites is 1. The minimum atomic E-state index is 0.0970. The Labute approximate surface area is 114 Å². The van der Waals surface area contributed by atoms with Gasteiger partial charge in [-0.25, -0.2) is 0 Å². The van der Waals surface area contributed by atoms with Crippen molar-refractivity contribution in [3.05, 3.63) is 29.8 Å². The van der Waals surface area contributed by atoms with Crippen molar-refractivity contribution in [1.82, 2.24) is 10.2 Å². The first-order valence-corrected chi connectivity index (χ1v) is 6.71. The van der Waals surface area contributed by atoms with E-state index in [1.807, 2.05) is 31.3 Å². The summed E-state index contributed by atoms with van der Waals surface area (Å²) in [5, 5.41) is 3.27. The lowest BCUT2D eigenvalue weighted by Crippen LogP contribution is -2.35. The zero-order valence-electron chi connectivity index (χ0n) is 11.8. The average Bonchev–Trinajstić information content (AvgIpc) is 2.84. The molecule has 0 aromatic heterocycles. The second-order valence-corrected chi connectivity index (χ2v) is 5.25. The van der Waals surface area contributed by atoms with E-state index < -0.39 is 0 Å². The van der Waals surface area contributed by atoms with E-state index in [-0.39, 0.29) is 11.8 Å². The van der Waals surface area contributed by atoms with Crippen molar-refractivity contribution in [1.29, 1.82) is 0 Å². The molecule has 2 rings (SSSR count). The second-order valence-electron chi connectivity index (χ2n) is 5.25. The first kappa shape index (κ1) is 13.9. The van der Waals surface area contributed by atoms with Gasteiger partial charge in [0.15, 0.2) is 0 Å². The highest BCUT2D eigenvalue weighted by molar-refractivity contribution is 5.79. The monoisotopic (exact) mass is 262 g/mol. The fourth-order valence-electron chi connectivity index (χ4n) is 2.59. The van der Waals surface area contributed by atoms with Gasteiger partial charge in [0.1, 0.15) is 5.75 Å². The maximum absolute atomic E-state index is 12.4. The Morgan fingerprint density at radius 3 is 2.79 bits per heavy atom. The smallest absolute Gasteiger partial charge is 0.227 e. The summed E-state index contributed by atoms with van der Waals surface area (Å²) in [4.78, 5) is 14.2. The minimum Gasteiger partial charge on any atom is -0.496 e. The number of rotatable bonds is 4. The normalized spacial score (nSPS) is 22.3. The molecule has 1 heterocycles. The molecule has 2 unspecified atom stereocenters. The maximum atomic E-state index is 12.4. The largest absolute Gasteiger partial charge is 0.496 e. The highest BCUT2D eigenvalue weighted by Crippen LogP contribution is 2.22. The number of methoxy groups -OCH3 is 1. The van der Waals surface area contributed by atoms with Gasteiger partial charge in [-0.1, -0.05) is 25.1 Å². The molecule has 1 aliphatic rings. The molecule has 19 heavy (non-hydrogen) atoms. The van der Waals surface area contributed by atoms with E-state index in [9.17, 15) is 4.79 Å². The van der Waals surface area contributed by atoms with Crippen LogP contribution in [0.5, 0.6) is 5.75 Å². The van der Waals surface area contributed by atoms with Crippen molar-refractivity contribution in [2.75, 3.05) is 27.2 Å². The van der Waals surface area contributed by atoms with Crippen LogP contribution in [0.3, 0.4) is 0 Å². The van der Waals surface area contributed by atoms with Crippen LogP contribution in [0.1, 0.15) is 12.5 Å². The molecule has 1 saturated heterocycles. The number of ether oxygens (including phenoxy) is 1. The first-order chi connectivity index (χ1) is 9.13. The highest BCUT2D eigenvalue weighted by atomic mass is 16.5. The molecule has 0 saturated carbocycles. The molecule has 4 nitrogen and oxygen atoms in total. The highest BCUT2D eigenvalue weighted by Gasteiger charge is 2.31. The summed E-state index contributed by atoms with van der Waals surface area (Å²) in [6, 6.07) is 7.83. The zero-order valence-corrected chi connectivity index (χ0v) is 11.8. The van der Waals surface area contributed by atoms with Gasteiger partial charge in [-0.15, -0.1) is 0 Å². The van der Waals surface area contributed by atoms with Crippen LogP contribution in [0.15, 0.2) is 24.3 Å². The van der Waals surface area contributed by atoms with Gasteiger partial charge in [0, 0.05) is 25.7 Å². The van der Waals surface area contributed by atoms with Gasteiger partial charge >= 0.3 is 0 Å². The van der Waals surface area contributed by atoms with E-state index in [0.29, 0.717) is 12.5 Å². The lowest BCUT2D eigenvalue weighted by molar-refractivity contribution is -0.135. The molecule has 1 N–H and O–H groups in total. The number of amides is 1. The summed E-state index contributed by atoms with van der Waals surface area (Å²) in [7, 11) is 3.52. The molecule has 0 aliphatic carbocycles. The van der Waals surface area contributed by atoms with Gasteiger partial charge < -0.3 is 15.0 Å². The summed E-state index contributed by atoms with van der Waals surface area (Å²) in [6.07, 6.45) is 0. The molecular weight excluding hydrogens is 240 g/mol. The number of nitrogens with zero attached hydrogens (tertiary/aromatic N) is 1. The molecule has 4 heteroatoms. The van der Waals surface area contributed by atoms with Gasteiger partial charge in [0.25, 0.3) is 0 Å². The molecule has 0 radical (unpaired) electrons. The summed E-state index contributed by atoms with van der Waals surface area (Å²) in [5.74, 6) is 1.55. The Bertz CT molecular complexity index is 448. The van der Waals surface area contributed by atoms with Crippen LogP contribution < -0.4 is 10.1 Å². The van der Waals surface area contributed by atoms with Gasteiger partial charge in [0.05, 0.1) is 13.0 Å². The Balaban J connectivity index is 2.04. The van der Waals surface area contributed by atoms with Crippen LogP contribution in [0, 0.1) is 11.8 Å². The number of benzene rings is 1. The van der Waals surface area contributed by atoms with Crippen molar-refractivity contribution in [2.24, 2.45) is 11.8 Å². The van der Waals surface area contributed by atoms with Crippen LogP contribution in [-0.2, 0) is 11.3 Å². The molecule has 1 amide bonds. The van der Waals surface area contributed by atoms with Gasteiger partial charge in [-0.3, -0.25) is 4.79 Å². The third-order valence-electron chi connectivity index (χ3n) is 3.81. The van der Waals surface area contributed by atoms with E-state index in [1.54, 1.807) is 12.0 Å².